The topological polar surface area (TPSA) is 33.3 Å². The Hall–Kier alpha value is -0.840. The highest BCUT2D eigenvalue weighted by Crippen LogP contribution is 2.15. The second-order valence-corrected chi connectivity index (χ2v) is 4.51. The molecule has 0 unspecified atom stereocenters. The summed E-state index contributed by atoms with van der Waals surface area (Å²) in [5.41, 5.74) is 1.14. The third-order valence-electron chi connectivity index (χ3n) is 2.31. The molecule has 3 nitrogen and oxygen atoms in total. The number of halogens is 1. The molecule has 17 heavy (non-hydrogen) atoms. The standard InChI is InChI=1S/C12H17ClN2OS/c1-9(10-3-5-11(13)6-4-10)15-12(17)14-7-8-16-2/h3-6,9H,7-8H2,1-2H3,(H2,14,15,17)/t9-/m1/s1. The van der Waals surface area contributed by atoms with Gasteiger partial charge in [0.05, 0.1) is 12.6 Å². The molecule has 0 fully saturated rings. The van der Waals surface area contributed by atoms with Crippen LogP contribution >= 0.6 is 23.8 Å². The lowest BCUT2D eigenvalue weighted by atomic mass is 10.1. The molecule has 1 aromatic rings. The van der Waals surface area contributed by atoms with Crippen LogP contribution in [0.25, 0.3) is 0 Å². The lowest BCUT2D eigenvalue weighted by molar-refractivity contribution is 0.204. The van der Waals surface area contributed by atoms with Gasteiger partial charge in [0.2, 0.25) is 0 Å². The van der Waals surface area contributed by atoms with Gasteiger partial charge in [-0.3, -0.25) is 0 Å². The maximum absolute atomic E-state index is 5.83. The molecule has 0 bridgehead atoms. The molecule has 0 saturated heterocycles. The van der Waals surface area contributed by atoms with Crippen LogP contribution in [0.4, 0.5) is 0 Å². The van der Waals surface area contributed by atoms with E-state index < -0.39 is 0 Å². The number of benzene rings is 1. The molecule has 0 aromatic heterocycles. The molecule has 5 heteroatoms. The van der Waals surface area contributed by atoms with Gasteiger partial charge in [-0.1, -0.05) is 23.7 Å². The molecule has 0 radical (unpaired) electrons. The predicted molar refractivity (Wildman–Crippen MR) is 75.5 cm³/mol. The minimum absolute atomic E-state index is 0.148. The van der Waals surface area contributed by atoms with Gasteiger partial charge in [0, 0.05) is 18.7 Å². The van der Waals surface area contributed by atoms with E-state index in [0.717, 1.165) is 10.6 Å². The van der Waals surface area contributed by atoms with Crippen molar-refractivity contribution in [2.75, 3.05) is 20.3 Å². The summed E-state index contributed by atoms with van der Waals surface area (Å²) in [6, 6.07) is 7.86. The Morgan fingerprint density at radius 2 is 2.06 bits per heavy atom. The van der Waals surface area contributed by atoms with Crippen molar-refractivity contribution in [2.24, 2.45) is 0 Å². The second kappa shape index (κ2) is 7.48. The Morgan fingerprint density at radius 1 is 1.41 bits per heavy atom. The van der Waals surface area contributed by atoms with Crippen LogP contribution in [0.15, 0.2) is 24.3 Å². The fourth-order valence-corrected chi connectivity index (χ4v) is 1.75. The summed E-state index contributed by atoms with van der Waals surface area (Å²) in [5.74, 6) is 0. The monoisotopic (exact) mass is 272 g/mol. The summed E-state index contributed by atoms with van der Waals surface area (Å²) in [6.07, 6.45) is 0. The van der Waals surface area contributed by atoms with Crippen LogP contribution in [0.5, 0.6) is 0 Å². The van der Waals surface area contributed by atoms with Crippen molar-refractivity contribution in [3.63, 3.8) is 0 Å². The van der Waals surface area contributed by atoms with Gasteiger partial charge in [-0.15, -0.1) is 0 Å². The zero-order valence-electron chi connectivity index (χ0n) is 10.00. The number of hydrogen-bond acceptors (Lipinski definition) is 2. The molecular weight excluding hydrogens is 256 g/mol. The SMILES string of the molecule is COCCNC(=S)N[C@H](C)c1ccc(Cl)cc1. The van der Waals surface area contributed by atoms with Crippen LogP contribution in [-0.2, 0) is 4.74 Å². The third-order valence-corrected chi connectivity index (χ3v) is 2.82. The zero-order valence-corrected chi connectivity index (χ0v) is 11.6. The molecule has 0 heterocycles. The summed E-state index contributed by atoms with van der Waals surface area (Å²) < 4.78 is 4.93. The molecule has 0 aliphatic rings. The largest absolute Gasteiger partial charge is 0.383 e. The van der Waals surface area contributed by atoms with Crippen molar-refractivity contribution < 1.29 is 4.74 Å². The molecule has 1 rings (SSSR count). The average molecular weight is 273 g/mol. The van der Waals surface area contributed by atoms with Crippen LogP contribution < -0.4 is 10.6 Å². The fraction of sp³-hybridized carbons (Fsp3) is 0.417. The summed E-state index contributed by atoms with van der Waals surface area (Å²) in [7, 11) is 1.66. The van der Waals surface area contributed by atoms with Gasteiger partial charge in [-0.2, -0.15) is 0 Å². The molecule has 1 aromatic carbocycles. The molecular formula is C12H17ClN2OS. The number of ether oxygens (including phenoxy) is 1. The minimum Gasteiger partial charge on any atom is -0.383 e. The number of hydrogen-bond donors (Lipinski definition) is 2. The summed E-state index contributed by atoms with van der Waals surface area (Å²) in [5, 5.41) is 7.63. The highest BCUT2D eigenvalue weighted by Gasteiger charge is 2.06. The average Bonchev–Trinajstić information content (AvgIpc) is 2.30. The van der Waals surface area contributed by atoms with Crippen molar-refractivity contribution in [2.45, 2.75) is 13.0 Å². The van der Waals surface area contributed by atoms with E-state index in [9.17, 15) is 0 Å². The Kier molecular flexibility index (Phi) is 6.26. The molecule has 94 valence electrons. The van der Waals surface area contributed by atoms with Crippen LogP contribution in [0.1, 0.15) is 18.5 Å². The minimum atomic E-state index is 0.148. The first-order valence-electron chi connectivity index (χ1n) is 5.42. The Bertz CT molecular complexity index is 356. The molecule has 1 atom stereocenters. The van der Waals surface area contributed by atoms with Crippen molar-refractivity contribution in [3.8, 4) is 0 Å². The van der Waals surface area contributed by atoms with Gasteiger partial charge in [-0.05, 0) is 36.8 Å². The number of nitrogens with one attached hydrogen (secondary N) is 2. The van der Waals surface area contributed by atoms with E-state index in [-0.39, 0.29) is 6.04 Å². The normalized spacial score (nSPS) is 11.9. The van der Waals surface area contributed by atoms with Crippen molar-refractivity contribution in [3.05, 3.63) is 34.9 Å². The van der Waals surface area contributed by atoms with Gasteiger partial charge in [0.25, 0.3) is 0 Å². The van der Waals surface area contributed by atoms with Crippen molar-refractivity contribution in [1.82, 2.24) is 10.6 Å². The van der Waals surface area contributed by atoms with Gasteiger partial charge < -0.3 is 15.4 Å². The van der Waals surface area contributed by atoms with E-state index in [1.54, 1.807) is 7.11 Å². The smallest absolute Gasteiger partial charge is 0.166 e. The predicted octanol–water partition coefficient (Wildman–Crippen LogP) is 2.51. The summed E-state index contributed by atoms with van der Waals surface area (Å²) in [4.78, 5) is 0. The Morgan fingerprint density at radius 3 is 2.65 bits per heavy atom. The van der Waals surface area contributed by atoms with E-state index in [1.807, 2.05) is 31.2 Å². The lowest BCUT2D eigenvalue weighted by Crippen LogP contribution is -2.38. The second-order valence-electron chi connectivity index (χ2n) is 3.67. The Balaban J connectivity index is 2.40. The molecule has 0 saturated carbocycles. The first-order valence-corrected chi connectivity index (χ1v) is 6.21. The summed E-state index contributed by atoms with van der Waals surface area (Å²) in [6.45, 7) is 3.39. The van der Waals surface area contributed by atoms with Crippen LogP contribution in [-0.4, -0.2) is 25.4 Å². The number of rotatable bonds is 5. The van der Waals surface area contributed by atoms with Crippen LogP contribution in [0.3, 0.4) is 0 Å². The third kappa shape index (κ3) is 5.35. The quantitative estimate of drug-likeness (QED) is 0.637. The lowest BCUT2D eigenvalue weighted by Gasteiger charge is -2.17. The molecule has 0 aliphatic heterocycles. The number of thiocarbonyl (C=S) groups is 1. The first kappa shape index (κ1) is 14.2. The maximum atomic E-state index is 5.83. The summed E-state index contributed by atoms with van der Waals surface area (Å²) >= 11 is 11.0. The van der Waals surface area contributed by atoms with Gasteiger partial charge in [0.1, 0.15) is 0 Å². The highest BCUT2D eigenvalue weighted by atomic mass is 35.5. The van der Waals surface area contributed by atoms with Gasteiger partial charge in [0.15, 0.2) is 5.11 Å². The van der Waals surface area contributed by atoms with E-state index in [2.05, 4.69) is 10.6 Å². The maximum Gasteiger partial charge on any atom is 0.166 e. The van der Waals surface area contributed by atoms with Crippen LogP contribution in [0, 0.1) is 0 Å². The van der Waals surface area contributed by atoms with Gasteiger partial charge >= 0.3 is 0 Å². The van der Waals surface area contributed by atoms with Crippen molar-refractivity contribution >= 4 is 28.9 Å². The van der Waals surface area contributed by atoms with E-state index in [1.165, 1.54) is 0 Å². The molecule has 2 N–H and O–H groups in total. The van der Waals surface area contributed by atoms with E-state index in [0.29, 0.717) is 18.3 Å². The zero-order chi connectivity index (χ0) is 12.7. The van der Waals surface area contributed by atoms with E-state index in [4.69, 9.17) is 28.6 Å². The van der Waals surface area contributed by atoms with Crippen molar-refractivity contribution in [1.29, 1.82) is 0 Å². The van der Waals surface area contributed by atoms with Crippen LogP contribution in [0.2, 0.25) is 5.02 Å². The molecule has 0 amide bonds. The molecule has 0 aliphatic carbocycles. The van der Waals surface area contributed by atoms with Gasteiger partial charge in [-0.25, -0.2) is 0 Å². The molecule has 0 spiro atoms. The van der Waals surface area contributed by atoms with E-state index >= 15 is 0 Å². The number of methoxy groups -OCH3 is 1. The Labute approximate surface area is 112 Å². The first-order chi connectivity index (χ1) is 8.13. The highest BCUT2D eigenvalue weighted by molar-refractivity contribution is 7.80. The fourth-order valence-electron chi connectivity index (χ4n) is 1.35.